The van der Waals surface area contributed by atoms with Crippen LogP contribution in [0.1, 0.15) is 42.7 Å². The van der Waals surface area contributed by atoms with Gasteiger partial charge < -0.3 is 19.1 Å². The number of allylic oxidation sites excluding steroid dienone is 2. The topological polar surface area (TPSA) is 74.1 Å². The first-order chi connectivity index (χ1) is 13.6. The van der Waals surface area contributed by atoms with E-state index in [1.807, 2.05) is 0 Å². The normalized spacial score (nSPS) is 24.8. The van der Waals surface area contributed by atoms with E-state index in [4.69, 9.17) is 4.42 Å². The van der Waals surface area contributed by atoms with Gasteiger partial charge in [-0.2, -0.15) is 0 Å². The van der Waals surface area contributed by atoms with Gasteiger partial charge in [0.05, 0.1) is 6.26 Å². The van der Waals surface area contributed by atoms with Crippen molar-refractivity contribution in [1.82, 2.24) is 14.7 Å². The van der Waals surface area contributed by atoms with Crippen molar-refractivity contribution < 1.29 is 18.8 Å². The van der Waals surface area contributed by atoms with E-state index in [0.717, 1.165) is 25.7 Å². The molecule has 2 saturated heterocycles. The van der Waals surface area contributed by atoms with Crippen LogP contribution in [0, 0.1) is 5.92 Å². The van der Waals surface area contributed by atoms with Gasteiger partial charge in [-0.05, 0) is 43.7 Å². The van der Waals surface area contributed by atoms with E-state index in [1.54, 1.807) is 26.8 Å². The zero-order chi connectivity index (χ0) is 19.5. The van der Waals surface area contributed by atoms with Crippen LogP contribution in [0.4, 0.5) is 0 Å². The summed E-state index contributed by atoms with van der Waals surface area (Å²) in [6.45, 7) is 2.63. The second-order valence-electron chi connectivity index (χ2n) is 7.81. The van der Waals surface area contributed by atoms with Crippen LogP contribution in [0.25, 0.3) is 0 Å². The Kier molecular flexibility index (Phi) is 5.50. The van der Waals surface area contributed by atoms with E-state index < -0.39 is 0 Å². The van der Waals surface area contributed by atoms with E-state index in [2.05, 4.69) is 12.2 Å². The molecule has 4 rings (SSSR count). The molecule has 0 spiro atoms. The number of amides is 3. The molecule has 3 amide bonds. The molecule has 2 fully saturated rings. The molecule has 7 nitrogen and oxygen atoms in total. The van der Waals surface area contributed by atoms with E-state index in [-0.39, 0.29) is 23.8 Å². The van der Waals surface area contributed by atoms with Gasteiger partial charge in [0.15, 0.2) is 5.76 Å². The van der Waals surface area contributed by atoms with Crippen LogP contribution >= 0.6 is 0 Å². The maximum atomic E-state index is 13.1. The van der Waals surface area contributed by atoms with Crippen molar-refractivity contribution in [2.75, 3.05) is 32.7 Å². The Morgan fingerprint density at radius 3 is 2.50 bits per heavy atom. The molecular weight excluding hydrogens is 358 g/mol. The van der Waals surface area contributed by atoms with Gasteiger partial charge in [-0.15, -0.1) is 0 Å². The Bertz CT molecular complexity index is 750. The first-order valence-corrected chi connectivity index (χ1v) is 10.2. The molecule has 0 bridgehead atoms. The summed E-state index contributed by atoms with van der Waals surface area (Å²) in [5.74, 6) is 0.629. The largest absolute Gasteiger partial charge is 0.459 e. The highest BCUT2D eigenvalue weighted by Gasteiger charge is 2.38. The second-order valence-corrected chi connectivity index (χ2v) is 7.81. The van der Waals surface area contributed by atoms with Crippen molar-refractivity contribution in [3.05, 3.63) is 36.3 Å². The molecule has 0 saturated carbocycles. The van der Waals surface area contributed by atoms with Gasteiger partial charge >= 0.3 is 0 Å². The number of rotatable bonds is 4. The lowest BCUT2D eigenvalue weighted by atomic mass is 10.0. The molecule has 1 aromatic rings. The predicted molar refractivity (Wildman–Crippen MR) is 102 cm³/mol. The Hall–Kier alpha value is -2.57. The molecule has 2 unspecified atom stereocenters. The van der Waals surface area contributed by atoms with Crippen LogP contribution in [0.5, 0.6) is 0 Å². The number of carbonyl (C=O) groups is 3. The van der Waals surface area contributed by atoms with E-state index in [0.29, 0.717) is 50.8 Å². The Labute approximate surface area is 164 Å². The van der Waals surface area contributed by atoms with Gasteiger partial charge in [-0.25, -0.2) is 0 Å². The van der Waals surface area contributed by atoms with Crippen LogP contribution in [-0.4, -0.2) is 71.2 Å². The van der Waals surface area contributed by atoms with Crippen molar-refractivity contribution in [2.24, 2.45) is 5.92 Å². The van der Waals surface area contributed by atoms with Crippen molar-refractivity contribution in [3.63, 3.8) is 0 Å². The SMILES string of the molecule is O=C(c1ccco1)N1CCN(C(=O)C2CCCN2C(=O)CC2C=CCC2)CC1. The van der Waals surface area contributed by atoms with Crippen LogP contribution in [0.15, 0.2) is 35.0 Å². The second kappa shape index (κ2) is 8.20. The standard InChI is InChI=1S/C21H27N3O4/c25-19(15-16-5-1-2-6-16)24-9-3-7-17(24)20(26)22-10-12-23(13-11-22)21(27)18-8-4-14-28-18/h1,4-5,8,14,16-17H,2-3,6-7,9-13,15H2. The number of hydrogen-bond acceptors (Lipinski definition) is 4. The zero-order valence-electron chi connectivity index (χ0n) is 16.1. The third-order valence-electron chi connectivity index (χ3n) is 6.02. The van der Waals surface area contributed by atoms with Crippen molar-refractivity contribution >= 4 is 17.7 Å². The first-order valence-electron chi connectivity index (χ1n) is 10.2. The molecule has 0 aromatic carbocycles. The highest BCUT2D eigenvalue weighted by atomic mass is 16.3. The van der Waals surface area contributed by atoms with Gasteiger partial charge in [-0.3, -0.25) is 14.4 Å². The summed E-state index contributed by atoms with van der Waals surface area (Å²) >= 11 is 0. The molecule has 1 aliphatic carbocycles. The van der Waals surface area contributed by atoms with Gasteiger partial charge in [0.25, 0.3) is 5.91 Å². The lowest BCUT2D eigenvalue weighted by molar-refractivity contribution is -0.145. The zero-order valence-corrected chi connectivity index (χ0v) is 16.1. The van der Waals surface area contributed by atoms with E-state index in [1.165, 1.54) is 6.26 Å². The van der Waals surface area contributed by atoms with E-state index >= 15 is 0 Å². The average Bonchev–Trinajstić information content (AvgIpc) is 3.49. The van der Waals surface area contributed by atoms with Crippen molar-refractivity contribution in [3.8, 4) is 0 Å². The lowest BCUT2D eigenvalue weighted by Crippen LogP contribution is -2.55. The highest BCUT2D eigenvalue weighted by Crippen LogP contribution is 2.26. The Morgan fingerprint density at radius 1 is 1.04 bits per heavy atom. The maximum absolute atomic E-state index is 13.1. The molecule has 1 aromatic heterocycles. The number of hydrogen-bond donors (Lipinski definition) is 0. The average molecular weight is 385 g/mol. The minimum absolute atomic E-state index is 0.0258. The number of furan rings is 1. The minimum atomic E-state index is -0.342. The fraction of sp³-hybridized carbons (Fsp3) is 0.571. The monoisotopic (exact) mass is 385 g/mol. The minimum Gasteiger partial charge on any atom is -0.459 e. The fourth-order valence-electron chi connectivity index (χ4n) is 4.43. The van der Waals surface area contributed by atoms with Crippen LogP contribution in [0.3, 0.4) is 0 Å². The first kappa shape index (κ1) is 18.8. The summed E-state index contributed by atoms with van der Waals surface area (Å²) in [7, 11) is 0. The summed E-state index contributed by atoms with van der Waals surface area (Å²) < 4.78 is 5.18. The Morgan fingerprint density at radius 2 is 1.82 bits per heavy atom. The highest BCUT2D eigenvalue weighted by molar-refractivity contribution is 5.92. The summed E-state index contributed by atoms with van der Waals surface area (Å²) in [5.41, 5.74) is 0. The van der Waals surface area contributed by atoms with Gasteiger partial charge in [0, 0.05) is 39.1 Å². The molecular formula is C21H27N3O4. The van der Waals surface area contributed by atoms with Gasteiger partial charge in [0.2, 0.25) is 11.8 Å². The summed E-state index contributed by atoms with van der Waals surface area (Å²) in [6, 6.07) is 3.01. The van der Waals surface area contributed by atoms with Crippen molar-refractivity contribution in [2.45, 2.75) is 38.1 Å². The number of nitrogens with zero attached hydrogens (tertiary/aromatic N) is 3. The lowest BCUT2D eigenvalue weighted by Gasteiger charge is -2.37. The third kappa shape index (κ3) is 3.84. The maximum Gasteiger partial charge on any atom is 0.289 e. The quantitative estimate of drug-likeness (QED) is 0.742. The molecule has 150 valence electrons. The molecule has 7 heteroatoms. The number of carbonyl (C=O) groups excluding carboxylic acids is 3. The van der Waals surface area contributed by atoms with Crippen LogP contribution in [-0.2, 0) is 9.59 Å². The molecule has 2 atom stereocenters. The molecule has 28 heavy (non-hydrogen) atoms. The molecule has 2 aliphatic heterocycles. The number of piperazine rings is 1. The summed E-state index contributed by atoms with van der Waals surface area (Å²) in [6.07, 6.45) is 9.93. The number of likely N-dealkylation sites (tertiary alicyclic amines) is 1. The summed E-state index contributed by atoms with van der Waals surface area (Å²) in [5, 5.41) is 0. The smallest absolute Gasteiger partial charge is 0.289 e. The van der Waals surface area contributed by atoms with Crippen LogP contribution < -0.4 is 0 Å². The molecule has 3 aliphatic rings. The third-order valence-corrected chi connectivity index (χ3v) is 6.02. The van der Waals surface area contributed by atoms with Crippen molar-refractivity contribution in [1.29, 1.82) is 0 Å². The van der Waals surface area contributed by atoms with Crippen LogP contribution in [0.2, 0.25) is 0 Å². The van der Waals surface area contributed by atoms with Gasteiger partial charge in [0.1, 0.15) is 6.04 Å². The molecule has 0 N–H and O–H groups in total. The predicted octanol–water partition coefficient (Wildman–Crippen LogP) is 1.91. The summed E-state index contributed by atoms with van der Waals surface area (Å²) in [4.78, 5) is 43.5. The van der Waals surface area contributed by atoms with E-state index in [9.17, 15) is 14.4 Å². The van der Waals surface area contributed by atoms with Gasteiger partial charge in [-0.1, -0.05) is 12.2 Å². The fourth-order valence-corrected chi connectivity index (χ4v) is 4.43. The molecule has 3 heterocycles. The molecule has 0 radical (unpaired) electrons. The Balaban J connectivity index is 1.32.